The van der Waals surface area contributed by atoms with E-state index in [9.17, 15) is 18.0 Å². The van der Waals surface area contributed by atoms with Crippen LogP contribution in [-0.4, -0.2) is 63.8 Å². The normalized spacial score (nSPS) is 15.4. The number of pyridine rings is 2. The fourth-order valence-electron chi connectivity index (χ4n) is 4.65. The number of likely N-dealkylation sites (N-methyl/N-ethyl adjacent to an activating group) is 1. The maximum atomic E-state index is 13.1. The van der Waals surface area contributed by atoms with Crippen molar-refractivity contribution in [2.75, 3.05) is 38.1 Å². The first-order valence-corrected chi connectivity index (χ1v) is 13.4. The van der Waals surface area contributed by atoms with Gasteiger partial charge in [0, 0.05) is 67.8 Å². The van der Waals surface area contributed by atoms with Crippen LogP contribution in [0.15, 0.2) is 79.0 Å². The van der Waals surface area contributed by atoms with Gasteiger partial charge in [-0.05, 0) is 51.4 Å². The Morgan fingerprint density at radius 1 is 1.10 bits per heavy atom. The van der Waals surface area contributed by atoms with Crippen LogP contribution in [0.4, 0.5) is 18.9 Å². The largest absolute Gasteiger partial charge is 0.417 e. The Morgan fingerprint density at radius 3 is 2.51 bits per heavy atom. The second-order valence-corrected chi connectivity index (χ2v) is 10.1. The third kappa shape index (κ3) is 7.50. The van der Waals surface area contributed by atoms with E-state index >= 15 is 0 Å². The Kier molecular flexibility index (Phi) is 9.42. The summed E-state index contributed by atoms with van der Waals surface area (Å²) in [4.78, 5) is 25.4. The molecule has 4 rings (SSSR count). The molecule has 1 fully saturated rings. The molecule has 41 heavy (non-hydrogen) atoms. The molecule has 1 amide bonds. The molecule has 1 atom stereocenters. The molecule has 0 saturated carbocycles. The summed E-state index contributed by atoms with van der Waals surface area (Å²) in [5.74, 6) is -0.654. The van der Waals surface area contributed by atoms with E-state index in [1.54, 1.807) is 19.2 Å². The first-order valence-electron chi connectivity index (χ1n) is 13.4. The monoisotopic (exact) mass is 565 g/mol. The molecule has 4 heterocycles. The van der Waals surface area contributed by atoms with Crippen molar-refractivity contribution in [1.82, 2.24) is 30.0 Å². The first kappa shape index (κ1) is 29.8. The quantitative estimate of drug-likeness (QED) is 0.346. The Bertz CT molecular complexity index is 1450. The molecule has 8 nitrogen and oxygen atoms in total. The molecule has 0 aliphatic carbocycles. The first-order chi connectivity index (χ1) is 19.6. The van der Waals surface area contributed by atoms with Crippen LogP contribution in [0.25, 0.3) is 11.1 Å². The summed E-state index contributed by atoms with van der Waals surface area (Å²) >= 11 is 0. The van der Waals surface area contributed by atoms with Gasteiger partial charge in [-0.3, -0.25) is 19.4 Å². The number of rotatable bonds is 9. The number of allylic oxidation sites excluding steroid dienone is 3. The van der Waals surface area contributed by atoms with Crippen molar-refractivity contribution < 1.29 is 18.0 Å². The van der Waals surface area contributed by atoms with Crippen molar-refractivity contribution in [3.05, 3.63) is 90.1 Å². The van der Waals surface area contributed by atoms with Gasteiger partial charge in [-0.2, -0.15) is 18.3 Å². The molecule has 0 spiro atoms. The number of anilines is 1. The number of alkyl halides is 3. The van der Waals surface area contributed by atoms with Gasteiger partial charge in [0.2, 0.25) is 0 Å². The lowest BCUT2D eigenvalue weighted by Crippen LogP contribution is -2.44. The molecular weight excluding hydrogens is 531 g/mol. The zero-order valence-corrected chi connectivity index (χ0v) is 23.4. The van der Waals surface area contributed by atoms with Crippen molar-refractivity contribution in [2.45, 2.75) is 38.9 Å². The summed E-state index contributed by atoms with van der Waals surface area (Å²) in [7, 11) is 2.12. The number of hydrogen-bond acceptors (Lipinski definition) is 6. The molecule has 3 aromatic heterocycles. The predicted molar refractivity (Wildman–Crippen MR) is 152 cm³/mol. The minimum absolute atomic E-state index is 0.165. The molecule has 0 aromatic carbocycles. The summed E-state index contributed by atoms with van der Waals surface area (Å²) in [6.45, 7) is 11.4. The van der Waals surface area contributed by atoms with Gasteiger partial charge >= 0.3 is 6.18 Å². The number of halogens is 3. The number of carbonyl (C=O) groups is 1. The summed E-state index contributed by atoms with van der Waals surface area (Å²) < 4.78 is 41.0. The van der Waals surface area contributed by atoms with Crippen molar-refractivity contribution >= 4 is 11.6 Å². The number of nitrogens with one attached hydrogen (secondary N) is 1. The molecular formula is C30H34F3N7O. The van der Waals surface area contributed by atoms with Crippen LogP contribution in [0.2, 0.25) is 0 Å². The molecule has 1 aliphatic heterocycles. The third-order valence-electron chi connectivity index (χ3n) is 7.26. The number of aromatic nitrogens is 4. The fourth-order valence-corrected chi connectivity index (χ4v) is 4.65. The van der Waals surface area contributed by atoms with E-state index in [0.717, 1.165) is 60.8 Å². The highest BCUT2D eigenvalue weighted by atomic mass is 19.4. The van der Waals surface area contributed by atoms with E-state index in [2.05, 4.69) is 55.6 Å². The van der Waals surface area contributed by atoms with E-state index in [1.807, 2.05) is 30.2 Å². The molecule has 1 N–H and O–H groups in total. The van der Waals surface area contributed by atoms with Gasteiger partial charge in [-0.25, -0.2) is 0 Å². The van der Waals surface area contributed by atoms with Gasteiger partial charge < -0.3 is 15.1 Å². The van der Waals surface area contributed by atoms with Crippen LogP contribution < -0.4 is 10.2 Å². The Morgan fingerprint density at radius 2 is 1.83 bits per heavy atom. The minimum atomic E-state index is -4.58. The molecule has 11 heteroatoms. The van der Waals surface area contributed by atoms with Crippen LogP contribution in [0.3, 0.4) is 0 Å². The standard InChI is InChI=1S/C30H34F3N7O/c1-5-21(3)28(8-7-26(6-2)37-29(41)23-13-25(18-34-16-23)30(31,32)33)40-20-24(17-36-40)22-14-27(19-35-15-22)39-11-9-38(4)10-12-39/h6,13-20,28H,1,7-12H2,2-4H3,(H,37,41)/b26-6+. The number of carbonyl (C=O) groups excluding carboxylic acids is 1. The smallest absolute Gasteiger partial charge is 0.368 e. The summed E-state index contributed by atoms with van der Waals surface area (Å²) in [6, 6.07) is 2.72. The van der Waals surface area contributed by atoms with Gasteiger partial charge in [-0.15, -0.1) is 5.73 Å². The topological polar surface area (TPSA) is 79.2 Å². The lowest BCUT2D eigenvalue weighted by atomic mass is 10.0. The van der Waals surface area contributed by atoms with Crippen LogP contribution in [0.5, 0.6) is 0 Å². The Labute approximate surface area is 237 Å². The summed E-state index contributed by atoms with van der Waals surface area (Å²) in [6.07, 6.45) is 7.40. The SMILES string of the molecule is C=C=C(C)C(CC/C(=C\C)NC(=O)c1cncc(C(F)(F)F)c1)n1cc(-c2cncc(N3CCN(C)CC3)c2)cn1. The van der Waals surface area contributed by atoms with Crippen LogP contribution >= 0.6 is 0 Å². The maximum absolute atomic E-state index is 13.1. The lowest BCUT2D eigenvalue weighted by molar-refractivity contribution is -0.137. The Hall–Kier alpha value is -4.21. The van der Waals surface area contributed by atoms with E-state index < -0.39 is 17.6 Å². The highest BCUT2D eigenvalue weighted by molar-refractivity contribution is 5.95. The number of nitrogens with zero attached hydrogens (tertiary/aromatic N) is 6. The zero-order chi connectivity index (χ0) is 29.6. The maximum Gasteiger partial charge on any atom is 0.417 e. The number of hydrogen-bond donors (Lipinski definition) is 1. The van der Waals surface area contributed by atoms with Crippen LogP contribution in [0.1, 0.15) is 48.7 Å². The Balaban J connectivity index is 1.46. The van der Waals surface area contributed by atoms with Crippen molar-refractivity contribution in [3.8, 4) is 11.1 Å². The zero-order valence-electron chi connectivity index (χ0n) is 23.4. The number of amides is 1. The van der Waals surface area contributed by atoms with Gasteiger partial charge in [0.15, 0.2) is 0 Å². The summed E-state index contributed by atoms with van der Waals surface area (Å²) in [5, 5.41) is 7.34. The minimum Gasteiger partial charge on any atom is -0.368 e. The number of piperazine rings is 1. The average Bonchev–Trinajstić information content (AvgIpc) is 3.46. The second kappa shape index (κ2) is 13.0. The molecule has 216 valence electrons. The van der Waals surface area contributed by atoms with E-state index in [-0.39, 0.29) is 11.6 Å². The van der Waals surface area contributed by atoms with E-state index in [0.29, 0.717) is 24.7 Å². The predicted octanol–water partition coefficient (Wildman–Crippen LogP) is 5.50. The van der Waals surface area contributed by atoms with Crippen molar-refractivity contribution in [1.29, 1.82) is 0 Å². The third-order valence-corrected chi connectivity index (χ3v) is 7.26. The second-order valence-electron chi connectivity index (χ2n) is 10.1. The van der Waals surface area contributed by atoms with Crippen molar-refractivity contribution in [2.24, 2.45) is 0 Å². The van der Waals surface area contributed by atoms with Crippen LogP contribution in [0, 0.1) is 0 Å². The highest BCUT2D eigenvalue weighted by Crippen LogP contribution is 2.30. The van der Waals surface area contributed by atoms with E-state index in [1.165, 1.54) is 0 Å². The van der Waals surface area contributed by atoms with Crippen LogP contribution in [-0.2, 0) is 6.18 Å². The molecule has 0 bridgehead atoms. The lowest BCUT2D eigenvalue weighted by Gasteiger charge is -2.33. The molecule has 1 saturated heterocycles. The molecule has 3 aromatic rings. The molecule has 0 radical (unpaired) electrons. The van der Waals surface area contributed by atoms with Gasteiger partial charge in [0.05, 0.1) is 35.2 Å². The average molecular weight is 566 g/mol. The van der Waals surface area contributed by atoms with Gasteiger partial charge in [0.25, 0.3) is 5.91 Å². The van der Waals surface area contributed by atoms with Gasteiger partial charge in [0.1, 0.15) is 0 Å². The van der Waals surface area contributed by atoms with E-state index in [4.69, 9.17) is 0 Å². The van der Waals surface area contributed by atoms with Gasteiger partial charge in [-0.1, -0.05) is 12.7 Å². The summed E-state index contributed by atoms with van der Waals surface area (Å²) in [5.41, 5.74) is 6.22. The molecule has 1 aliphatic rings. The van der Waals surface area contributed by atoms with Crippen molar-refractivity contribution in [3.63, 3.8) is 0 Å². The fraction of sp³-hybridized carbons (Fsp3) is 0.367. The molecule has 1 unspecified atom stereocenters. The highest BCUT2D eigenvalue weighted by Gasteiger charge is 2.31.